The van der Waals surface area contributed by atoms with Crippen LogP contribution < -0.4 is 10.6 Å². The van der Waals surface area contributed by atoms with Crippen LogP contribution in [-0.4, -0.2) is 55.6 Å². The molecular weight excluding hydrogens is 471 g/mol. The molecule has 2 saturated heterocycles. The number of nitrogens with zero attached hydrogens (tertiary/aromatic N) is 1. The van der Waals surface area contributed by atoms with Crippen molar-refractivity contribution >= 4 is 11.8 Å². The Kier molecular flexibility index (Phi) is 10.2. The SMILES string of the molecule is CC[C@H](C)[C@@H]1NC(=O)C2(CCCCOCCCNC1=O)CCN(Cc1ccccc1C(F)(F)F)CC2. The first-order chi connectivity index (χ1) is 17.2. The molecule has 9 heteroatoms. The topological polar surface area (TPSA) is 70.7 Å². The van der Waals surface area contributed by atoms with E-state index >= 15 is 0 Å². The van der Waals surface area contributed by atoms with Gasteiger partial charge in [-0.1, -0.05) is 44.9 Å². The number of amides is 2. The van der Waals surface area contributed by atoms with E-state index in [1.165, 1.54) is 12.1 Å². The van der Waals surface area contributed by atoms with Crippen LogP contribution in [0.4, 0.5) is 13.2 Å². The number of piperidine rings is 1. The van der Waals surface area contributed by atoms with Crippen LogP contribution in [0.2, 0.25) is 0 Å². The fourth-order valence-electron chi connectivity index (χ4n) is 5.17. The van der Waals surface area contributed by atoms with Crippen molar-refractivity contribution in [2.75, 3.05) is 32.8 Å². The minimum absolute atomic E-state index is 0.0193. The average Bonchev–Trinajstić information content (AvgIpc) is 2.85. The number of carbonyl (C=O) groups excluding carboxylic acids is 2. The maximum atomic E-state index is 13.7. The minimum Gasteiger partial charge on any atom is -0.381 e. The van der Waals surface area contributed by atoms with Crippen molar-refractivity contribution in [3.05, 3.63) is 35.4 Å². The van der Waals surface area contributed by atoms with E-state index in [1.54, 1.807) is 6.07 Å². The third kappa shape index (κ3) is 7.44. The molecule has 0 saturated carbocycles. The fourth-order valence-corrected chi connectivity index (χ4v) is 5.17. The molecule has 0 bridgehead atoms. The maximum absolute atomic E-state index is 13.7. The number of rotatable bonds is 4. The first-order valence-corrected chi connectivity index (χ1v) is 13.2. The Labute approximate surface area is 212 Å². The smallest absolute Gasteiger partial charge is 0.381 e. The number of nitrogens with one attached hydrogen (secondary N) is 2. The van der Waals surface area contributed by atoms with Gasteiger partial charge in [0.1, 0.15) is 6.04 Å². The Balaban J connectivity index is 1.74. The molecule has 3 rings (SSSR count). The van der Waals surface area contributed by atoms with Gasteiger partial charge in [0.15, 0.2) is 0 Å². The zero-order valence-electron chi connectivity index (χ0n) is 21.5. The summed E-state index contributed by atoms with van der Waals surface area (Å²) in [4.78, 5) is 28.6. The van der Waals surface area contributed by atoms with Crippen LogP contribution in [0.3, 0.4) is 0 Å². The number of ether oxygens (including phenoxy) is 1. The number of alkyl halides is 3. The first-order valence-electron chi connectivity index (χ1n) is 13.2. The molecule has 2 atom stereocenters. The van der Waals surface area contributed by atoms with Gasteiger partial charge in [-0.3, -0.25) is 14.5 Å². The summed E-state index contributed by atoms with van der Waals surface area (Å²) in [5.41, 5.74) is -0.999. The maximum Gasteiger partial charge on any atom is 0.416 e. The summed E-state index contributed by atoms with van der Waals surface area (Å²) in [7, 11) is 0. The Morgan fingerprint density at radius 3 is 2.47 bits per heavy atom. The molecule has 202 valence electrons. The Bertz CT molecular complexity index is 869. The molecule has 2 aliphatic heterocycles. The van der Waals surface area contributed by atoms with Crippen LogP contribution in [0.15, 0.2) is 24.3 Å². The van der Waals surface area contributed by atoms with Gasteiger partial charge in [-0.2, -0.15) is 13.2 Å². The van der Waals surface area contributed by atoms with E-state index in [4.69, 9.17) is 4.74 Å². The van der Waals surface area contributed by atoms with E-state index in [0.717, 1.165) is 31.7 Å². The highest BCUT2D eigenvalue weighted by Gasteiger charge is 2.43. The highest BCUT2D eigenvalue weighted by molar-refractivity contribution is 5.90. The van der Waals surface area contributed by atoms with E-state index in [-0.39, 0.29) is 29.8 Å². The van der Waals surface area contributed by atoms with Crippen molar-refractivity contribution in [3.8, 4) is 0 Å². The second-order valence-electron chi connectivity index (χ2n) is 10.3. The van der Waals surface area contributed by atoms with Gasteiger partial charge in [-0.05, 0) is 62.7 Å². The summed E-state index contributed by atoms with van der Waals surface area (Å²) in [6.45, 7) is 6.90. The molecule has 0 unspecified atom stereocenters. The van der Waals surface area contributed by atoms with Gasteiger partial charge in [0.25, 0.3) is 0 Å². The summed E-state index contributed by atoms with van der Waals surface area (Å²) in [6.07, 6.45) is 0.510. The van der Waals surface area contributed by atoms with Crippen molar-refractivity contribution in [1.29, 1.82) is 0 Å². The zero-order chi connectivity index (χ0) is 26.2. The summed E-state index contributed by atoms with van der Waals surface area (Å²) >= 11 is 0. The standard InChI is InChI=1S/C27H40F3N3O3/c1-3-20(2)23-24(34)31-14-8-18-36-17-7-6-11-26(25(35)32-23)12-15-33(16-13-26)19-21-9-4-5-10-22(21)27(28,29)30/h4-5,9-10,20,23H,3,6-8,11-19H2,1-2H3,(H,31,34)(H,32,35)/t20-,23-/m0/s1. The molecule has 36 heavy (non-hydrogen) atoms. The van der Waals surface area contributed by atoms with E-state index < -0.39 is 23.2 Å². The van der Waals surface area contributed by atoms with Crippen molar-refractivity contribution in [2.24, 2.45) is 11.3 Å². The van der Waals surface area contributed by atoms with Gasteiger partial charge in [0.05, 0.1) is 11.0 Å². The van der Waals surface area contributed by atoms with Crippen LogP contribution in [0.1, 0.15) is 69.9 Å². The molecular formula is C27H40F3N3O3. The van der Waals surface area contributed by atoms with Crippen LogP contribution in [0.25, 0.3) is 0 Å². The summed E-state index contributed by atoms with van der Waals surface area (Å²) in [5.74, 6) is -0.309. The van der Waals surface area contributed by atoms with Gasteiger partial charge in [0.2, 0.25) is 11.8 Å². The number of hydrogen-bond donors (Lipinski definition) is 2. The van der Waals surface area contributed by atoms with Crippen LogP contribution in [0, 0.1) is 11.3 Å². The molecule has 1 aromatic rings. The van der Waals surface area contributed by atoms with Crippen molar-refractivity contribution in [1.82, 2.24) is 15.5 Å². The highest BCUT2D eigenvalue weighted by atomic mass is 19.4. The number of hydrogen-bond acceptors (Lipinski definition) is 4. The molecule has 0 aliphatic carbocycles. The third-order valence-corrected chi connectivity index (χ3v) is 7.75. The normalized spacial score (nSPS) is 24.0. The first kappa shape index (κ1) is 28.4. The lowest BCUT2D eigenvalue weighted by molar-refractivity contribution is -0.139. The monoisotopic (exact) mass is 511 g/mol. The number of likely N-dealkylation sites (tertiary alicyclic amines) is 1. The summed E-state index contributed by atoms with van der Waals surface area (Å²) in [6, 6.07) is 5.07. The molecule has 6 nitrogen and oxygen atoms in total. The molecule has 1 aromatic carbocycles. The van der Waals surface area contributed by atoms with E-state index in [9.17, 15) is 22.8 Å². The third-order valence-electron chi connectivity index (χ3n) is 7.75. The lowest BCUT2D eigenvalue weighted by Crippen LogP contribution is -2.56. The van der Waals surface area contributed by atoms with E-state index in [1.807, 2.05) is 18.7 Å². The zero-order valence-corrected chi connectivity index (χ0v) is 21.5. The second kappa shape index (κ2) is 12.9. The lowest BCUT2D eigenvalue weighted by atomic mass is 9.73. The lowest BCUT2D eigenvalue weighted by Gasteiger charge is -2.42. The predicted octanol–water partition coefficient (Wildman–Crippen LogP) is 4.53. The largest absolute Gasteiger partial charge is 0.416 e. The number of carbonyl (C=O) groups is 2. The predicted molar refractivity (Wildman–Crippen MR) is 132 cm³/mol. The van der Waals surface area contributed by atoms with Crippen molar-refractivity contribution < 1.29 is 27.5 Å². The molecule has 2 N–H and O–H groups in total. The van der Waals surface area contributed by atoms with Crippen molar-refractivity contribution in [3.63, 3.8) is 0 Å². The molecule has 0 radical (unpaired) electrons. The molecule has 2 fully saturated rings. The van der Waals surface area contributed by atoms with Crippen LogP contribution in [-0.2, 0) is 27.0 Å². The average molecular weight is 512 g/mol. The van der Waals surface area contributed by atoms with Gasteiger partial charge >= 0.3 is 6.18 Å². The van der Waals surface area contributed by atoms with Gasteiger partial charge in [-0.15, -0.1) is 0 Å². The number of halogens is 3. The van der Waals surface area contributed by atoms with Crippen LogP contribution in [0.5, 0.6) is 0 Å². The van der Waals surface area contributed by atoms with Gasteiger partial charge < -0.3 is 15.4 Å². The number of benzene rings is 1. The fraction of sp³-hybridized carbons (Fsp3) is 0.704. The molecule has 1 spiro atoms. The Morgan fingerprint density at radius 1 is 1.08 bits per heavy atom. The Hall–Kier alpha value is -2.13. The van der Waals surface area contributed by atoms with Gasteiger partial charge in [-0.25, -0.2) is 0 Å². The van der Waals surface area contributed by atoms with E-state index in [0.29, 0.717) is 52.1 Å². The minimum atomic E-state index is -4.40. The molecule has 2 heterocycles. The molecule has 0 aromatic heterocycles. The quantitative estimate of drug-likeness (QED) is 0.624. The van der Waals surface area contributed by atoms with E-state index in [2.05, 4.69) is 10.6 Å². The second-order valence-corrected chi connectivity index (χ2v) is 10.3. The molecule has 2 amide bonds. The highest BCUT2D eigenvalue weighted by Crippen LogP contribution is 2.39. The van der Waals surface area contributed by atoms with Crippen molar-refractivity contribution in [2.45, 2.75) is 77.6 Å². The van der Waals surface area contributed by atoms with Crippen LogP contribution >= 0.6 is 0 Å². The summed E-state index contributed by atoms with van der Waals surface area (Å²) < 4.78 is 46.1. The molecule has 2 aliphatic rings. The Morgan fingerprint density at radius 2 is 1.78 bits per heavy atom. The summed E-state index contributed by atoms with van der Waals surface area (Å²) in [5, 5.41) is 6.01. The van der Waals surface area contributed by atoms with Gasteiger partial charge in [0, 0.05) is 26.3 Å².